The fourth-order valence-corrected chi connectivity index (χ4v) is 2.84. The monoisotopic (exact) mass is 351 g/mol. The molecule has 1 aliphatic heterocycles. The van der Waals surface area contributed by atoms with Gasteiger partial charge in [-0.15, -0.1) is 0 Å². The van der Waals surface area contributed by atoms with E-state index in [0.29, 0.717) is 25.3 Å². The topological polar surface area (TPSA) is 55.8 Å². The predicted molar refractivity (Wildman–Crippen MR) is 98.5 cm³/mol. The highest BCUT2D eigenvalue weighted by Gasteiger charge is 2.24. The van der Waals surface area contributed by atoms with Gasteiger partial charge in [-0.1, -0.05) is 42.5 Å². The van der Waals surface area contributed by atoms with E-state index in [1.165, 1.54) is 7.11 Å². The van der Waals surface area contributed by atoms with Crippen molar-refractivity contribution < 1.29 is 19.1 Å². The number of esters is 1. The Bertz CT molecular complexity index is 783. The van der Waals surface area contributed by atoms with Crippen LogP contribution in [0.25, 0.3) is 6.08 Å². The summed E-state index contributed by atoms with van der Waals surface area (Å²) in [6, 6.07) is 16.8. The molecule has 1 amide bonds. The maximum absolute atomic E-state index is 12.5. The average molecular weight is 351 g/mol. The molecule has 0 spiro atoms. The van der Waals surface area contributed by atoms with Crippen LogP contribution in [0.3, 0.4) is 0 Å². The van der Waals surface area contributed by atoms with E-state index >= 15 is 0 Å². The summed E-state index contributed by atoms with van der Waals surface area (Å²) in [6.07, 6.45) is 3.21. The number of carbonyl (C=O) groups is 2. The first-order valence-corrected chi connectivity index (χ1v) is 8.49. The lowest BCUT2D eigenvalue weighted by Crippen LogP contribution is -2.41. The molecule has 0 N–H and O–H groups in total. The number of hydrogen-bond acceptors (Lipinski definition) is 4. The van der Waals surface area contributed by atoms with E-state index in [9.17, 15) is 9.59 Å². The molecule has 0 aliphatic carbocycles. The molecule has 1 aliphatic rings. The number of ether oxygens (including phenoxy) is 2. The van der Waals surface area contributed by atoms with Gasteiger partial charge in [0.15, 0.2) is 0 Å². The molecule has 1 unspecified atom stereocenters. The highest BCUT2D eigenvalue weighted by Crippen LogP contribution is 2.22. The standard InChI is InChI=1S/C21H21NO4/c1-25-21(24)18-10-7-16(8-11-18)9-12-20(23)22-13-14-26-19(15-22)17-5-3-2-4-6-17/h2-12,19H,13-15H2,1H3/b12-9+. The molecule has 26 heavy (non-hydrogen) atoms. The molecular weight excluding hydrogens is 330 g/mol. The third-order valence-electron chi connectivity index (χ3n) is 4.30. The van der Waals surface area contributed by atoms with Crippen molar-refractivity contribution in [2.24, 2.45) is 0 Å². The Balaban J connectivity index is 1.62. The fraction of sp³-hybridized carbons (Fsp3) is 0.238. The minimum absolute atomic E-state index is 0.0497. The van der Waals surface area contributed by atoms with Crippen LogP contribution in [0.15, 0.2) is 60.7 Å². The van der Waals surface area contributed by atoms with Gasteiger partial charge in [0, 0.05) is 12.6 Å². The molecule has 134 valence electrons. The van der Waals surface area contributed by atoms with Crippen LogP contribution >= 0.6 is 0 Å². The molecule has 5 heteroatoms. The molecule has 0 aromatic heterocycles. The summed E-state index contributed by atoms with van der Waals surface area (Å²) in [4.78, 5) is 25.7. The Morgan fingerprint density at radius 1 is 1.12 bits per heavy atom. The Hall–Kier alpha value is -2.92. The summed E-state index contributed by atoms with van der Waals surface area (Å²) in [6.45, 7) is 1.63. The Kier molecular flexibility index (Phi) is 5.81. The van der Waals surface area contributed by atoms with Gasteiger partial charge in [-0.05, 0) is 29.3 Å². The van der Waals surface area contributed by atoms with Crippen molar-refractivity contribution in [2.45, 2.75) is 6.10 Å². The van der Waals surface area contributed by atoms with Gasteiger partial charge in [-0.25, -0.2) is 4.79 Å². The zero-order chi connectivity index (χ0) is 18.4. The first-order valence-electron chi connectivity index (χ1n) is 8.49. The van der Waals surface area contributed by atoms with Crippen molar-refractivity contribution in [3.8, 4) is 0 Å². The Labute approximate surface area is 152 Å². The van der Waals surface area contributed by atoms with Gasteiger partial charge in [0.05, 0.1) is 25.8 Å². The zero-order valence-electron chi connectivity index (χ0n) is 14.6. The third kappa shape index (κ3) is 4.37. The van der Waals surface area contributed by atoms with E-state index in [0.717, 1.165) is 11.1 Å². The van der Waals surface area contributed by atoms with Crippen LogP contribution in [0, 0.1) is 0 Å². The number of morpholine rings is 1. The van der Waals surface area contributed by atoms with Gasteiger partial charge < -0.3 is 14.4 Å². The van der Waals surface area contributed by atoms with Crippen LogP contribution in [0.5, 0.6) is 0 Å². The molecule has 1 heterocycles. The molecule has 3 rings (SSSR count). The number of methoxy groups -OCH3 is 1. The van der Waals surface area contributed by atoms with Crippen molar-refractivity contribution in [3.63, 3.8) is 0 Å². The van der Waals surface area contributed by atoms with E-state index in [1.54, 1.807) is 41.3 Å². The molecule has 0 bridgehead atoms. The van der Waals surface area contributed by atoms with Gasteiger partial charge in [-0.3, -0.25) is 4.79 Å². The fourth-order valence-electron chi connectivity index (χ4n) is 2.84. The van der Waals surface area contributed by atoms with Crippen molar-refractivity contribution in [1.82, 2.24) is 4.90 Å². The second-order valence-corrected chi connectivity index (χ2v) is 6.00. The lowest BCUT2D eigenvalue weighted by Gasteiger charge is -2.32. The smallest absolute Gasteiger partial charge is 0.337 e. The predicted octanol–water partition coefficient (Wildman–Crippen LogP) is 3.09. The molecule has 0 radical (unpaired) electrons. The lowest BCUT2D eigenvalue weighted by molar-refractivity contribution is -0.133. The van der Waals surface area contributed by atoms with E-state index in [1.807, 2.05) is 30.3 Å². The second kappa shape index (κ2) is 8.45. The van der Waals surface area contributed by atoms with Gasteiger partial charge in [0.2, 0.25) is 5.91 Å². The largest absolute Gasteiger partial charge is 0.465 e. The number of nitrogens with zero attached hydrogens (tertiary/aromatic N) is 1. The van der Waals surface area contributed by atoms with Crippen LogP contribution in [0.2, 0.25) is 0 Å². The normalized spacial score (nSPS) is 17.3. The lowest BCUT2D eigenvalue weighted by atomic mass is 10.1. The molecular formula is C21H21NO4. The number of benzene rings is 2. The average Bonchev–Trinajstić information content (AvgIpc) is 2.72. The van der Waals surface area contributed by atoms with Gasteiger partial charge in [0.1, 0.15) is 6.10 Å². The molecule has 1 saturated heterocycles. The van der Waals surface area contributed by atoms with E-state index < -0.39 is 0 Å². The van der Waals surface area contributed by atoms with Crippen molar-refractivity contribution in [2.75, 3.05) is 26.8 Å². The minimum atomic E-state index is -0.378. The molecule has 2 aromatic rings. The highest BCUT2D eigenvalue weighted by molar-refractivity contribution is 5.92. The van der Waals surface area contributed by atoms with Gasteiger partial charge in [0.25, 0.3) is 0 Å². The van der Waals surface area contributed by atoms with E-state index in [4.69, 9.17) is 4.74 Å². The summed E-state index contributed by atoms with van der Waals surface area (Å²) < 4.78 is 10.5. The number of hydrogen-bond donors (Lipinski definition) is 0. The molecule has 1 atom stereocenters. The minimum Gasteiger partial charge on any atom is -0.465 e. The molecule has 0 saturated carbocycles. The Morgan fingerprint density at radius 3 is 2.54 bits per heavy atom. The Morgan fingerprint density at radius 2 is 1.85 bits per heavy atom. The summed E-state index contributed by atoms with van der Waals surface area (Å²) in [5, 5.41) is 0. The highest BCUT2D eigenvalue weighted by atomic mass is 16.5. The molecule has 2 aromatic carbocycles. The summed E-state index contributed by atoms with van der Waals surface area (Å²) in [5.74, 6) is -0.428. The van der Waals surface area contributed by atoms with E-state index in [2.05, 4.69) is 4.74 Å². The summed E-state index contributed by atoms with van der Waals surface area (Å²) in [5.41, 5.74) is 2.40. The molecule has 1 fully saturated rings. The quantitative estimate of drug-likeness (QED) is 0.627. The SMILES string of the molecule is COC(=O)c1ccc(/C=C/C(=O)N2CCOC(c3ccccc3)C2)cc1. The first kappa shape index (κ1) is 17.9. The number of amides is 1. The molecule has 5 nitrogen and oxygen atoms in total. The zero-order valence-corrected chi connectivity index (χ0v) is 14.6. The summed E-state index contributed by atoms with van der Waals surface area (Å²) >= 11 is 0. The van der Waals surface area contributed by atoms with Crippen LogP contribution < -0.4 is 0 Å². The van der Waals surface area contributed by atoms with Crippen molar-refractivity contribution >= 4 is 18.0 Å². The number of rotatable bonds is 4. The second-order valence-electron chi connectivity index (χ2n) is 6.00. The number of carbonyl (C=O) groups excluding carboxylic acids is 2. The van der Waals surface area contributed by atoms with Crippen LogP contribution in [0.4, 0.5) is 0 Å². The van der Waals surface area contributed by atoms with Gasteiger partial charge >= 0.3 is 5.97 Å². The van der Waals surface area contributed by atoms with Crippen LogP contribution in [-0.4, -0.2) is 43.6 Å². The maximum Gasteiger partial charge on any atom is 0.337 e. The maximum atomic E-state index is 12.5. The van der Waals surface area contributed by atoms with Gasteiger partial charge in [-0.2, -0.15) is 0 Å². The van der Waals surface area contributed by atoms with E-state index in [-0.39, 0.29) is 18.0 Å². The van der Waals surface area contributed by atoms with Crippen molar-refractivity contribution in [3.05, 3.63) is 77.4 Å². The first-order chi connectivity index (χ1) is 12.7. The van der Waals surface area contributed by atoms with Crippen molar-refractivity contribution in [1.29, 1.82) is 0 Å². The summed E-state index contributed by atoms with van der Waals surface area (Å²) in [7, 11) is 1.35. The van der Waals surface area contributed by atoms with Crippen LogP contribution in [0.1, 0.15) is 27.6 Å². The third-order valence-corrected chi connectivity index (χ3v) is 4.30. The van der Waals surface area contributed by atoms with Crippen LogP contribution in [-0.2, 0) is 14.3 Å².